The van der Waals surface area contributed by atoms with Crippen LogP contribution in [0.4, 0.5) is 0 Å². The maximum absolute atomic E-state index is 12.8. The maximum Gasteiger partial charge on any atom is 0.254 e. The topological polar surface area (TPSA) is 85.0 Å². The first kappa shape index (κ1) is 20.7. The van der Waals surface area contributed by atoms with Gasteiger partial charge in [0.15, 0.2) is 23.0 Å². The summed E-state index contributed by atoms with van der Waals surface area (Å²) in [7, 11) is 3.19. The van der Waals surface area contributed by atoms with Gasteiger partial charge in [0, 0.05) is 24.6 Å². The minimum Gasteiger partial charge on any atom is -0.493 e. The maximum atomic E-state index is 12.8. The van der Waals surface area contributed by atoms with Crippen LogP contribution >= 0.6 is 0 Å². The molecule has 0 aliphatic heterocycles. The van der Waals surface area contributed by atoms with Crippen molar-refractivity contribution in [2.75, 3.05) is 27.4 Å². The Morgan fingerprint density at radius 2 is 1.90 bits per heavy atom. The van der Waals surface area contributed by atoms with Crippen LogP contribution in [0.2, 0.25) is 0 Å². The zero-order valence-electron chi connectivity index (χ0n) is 17.1. The van der Waals surface area contributed by atoms with Crippen LogP contribution in [-0.2, 0) is 6.42 Å². The highest BCUT2D eigenvalue weighted by atomic mass is 16.5. The summed E-state index contributed by atoms with van der Waals surface area (Å²) in [5.41, 5.74) is 2.72. The van der Waals surface area contributed by atoms with Crippen LogP contribution in [-0.4, -0.2) is 54.3 Å². The van der Waals surface area contributed by atoms with Gasteiger partial charge in [-0.15, -0.1) is 0 Å². The van der Waals surface area contributed by atoms with Gasteiger partial charge in [-0.05, 0) is 49.7 Å². The number of ether oxygens (including phenoxy) is 2. The largest absolute Gasteiger partial charge is 0.493 e. The fraction of sp³-hybridized carbons (Fsp3) is 0.364. The van der Waals surface area contributed by atoms with Crippen LogP contribution in [0.5, 0.6) is 11.5 Å². The van der Waals surface area contributed by atoms with E-state index < -0.39 is 0 Å². The number of aliphatic hydroxyl groups is 1. The quantitative estimate of drug-likeness (QED) is 0.627. The minimum atomic E-state index is -0.145. The first-order valence-electron chi connectivity index (χ1n) is 9.49. The summed E-state index contributed by atoms with van der Waals surface area (Å²) < 4.78 is 16.5. The number of carbonyl (C=O) groups is 1. The Morgan fingerprint density at radius 3 is 2.55 bits per heavy atom. The number of rotatable bonds is 8. The van der Waals surface area contributed by atoms with E-state index in [9.17, 15) is 9.90 Å². The molecule has 0 atom stereocenters. The predicted octanol–water partition coefficient (Wildman–Crippen LogP) is 3.28. The zero-order valence-corrected chi connectivity index (χ0v) is 17.1. The first-order valence-corrected chi connectivity index (χ1v) is 9.49. The van der Waals surface area contributed by atoms with Gasteiger partial charge in [-0.1, -0.05) is 6.07 Å². The van der Waals surface area contributed by atoms with E-state index in [0.29, 0.717) is 40.5 Å². The molecule has 0 aliphatic carbocycles. The highest BCUT2D eigenvalue weighted by molar-refractivity contribution is 5.97. The molecule has 0 unspecified atom stereocenters. The third-order valence-electron chi connectivity index (χ3n) is 4.71. The summed E-state index contributed by atoms with van der Waals surface area (Å²) in [6.45, 7) is 4.04. The number of aliphatic hydroxyl groups excluding tert-OH is 1. The normalized spacial score (nSPS) is 11.1. The van der Waals surface area contributed by atoms with Gasteiger partial charge in [0.2, 0.25) is 0 Å². The van der Waals surface area contributed by atoms with Crippen LogP contribution in [0.3, 0.4) is 0 Å². The van der Waals surface area contributed by atoms with E-state index in [1.54, 1.807) is 37.3 Å². The number of oxazole rings is 1. The fourth-order valence-corrected chi connectivity index (χ4v) is 3.21. The monoisotopic (exact) mass is 398 g/mol. The van der Waals surface area contributed by atoms with Gasteiger partial charge >= 0.3 is 0 Å². The van der Waals surface area contributed by atoms with E-state index in [2.05, 4.69) is 4.98 Å². The van der Waals surface area contributed by atoms with E-state index in [4.69, 9.17) is 13.9 Å². The van der Waals surface area contributed by atoms with Gasteiger partial charge in [0.05, 0.1) is 20.8 Å². The highest BCUT2D eigenvalue weighted by Gasteiger charge is 2.19. The minimum absolute atomic E-state index is 0.0133. The van der Waals surface area contributed by atoms with Crippen molar-refractivity contribution < 1.29 is 23.8 Å². The van der Waals surface area contributed by atoms with E-state index in [1.165, 1.54) is 0 Å². The van der Waals surface area contributed by atoms with Gasteiger partial charge in [-0.3, -0.25) is 4.79 Å². The molecule has 0 saturated heterocycles. The molecule has 0 bridgehead atoms. The van der Waals surface area contributed by atoms with E-state index in [1.807, 2.05) is 32.0 Å². The Kier molecular flexibility index (Phi) is 6.39. The molecule has 0 radical (unpaired) electrons. The van der Waals surface area contributed by atoms with Crippen LogP contribution in [0, 0.1) is 0 Å². The average molecular weight is 398 g/mol. The van der Waals surface area contributed by atoms with Crippen LogP contribution in [0.25, 0.3) is 11.1 Å². The smallest absolute Gasteiger partial charge is 0.254 e. The summed E-state index contributed by atoms with van der Waals surface area (Å²) in [6.07, 6.45) is 0.487. The molecule has 0 spiro atoms. The molecule has 7 heteroatoms. The zero-order chi connectivity index (χ0) is 21.0. The second kappa shape index (κ2) is 8.96. The number of nitrogens with zero attached hydrogens (tertiary/aromatic N) is 2. The van der Waals surface area contributed by atoms with Crippen molar-refractivity contribution in [3.05, 3.63) is 53.4 Å². The number of hydrogen-bond acceptors (Lipinski definition) is 6. The van der Waals surface area contributed by atoms with Crippen molar-refractivity contribution in [1.82, 2.24) is 9.88 Å². The second-order valence-electron chi connectivity index (χ2n) is 6.97. The number of benzene rings is 2. The molecule has 1 N–H and O–H groups in total. The third-order valence-corrected chi connectivity index (χ3v) is 4.71. The Labute approximate surface area is 169 Å². The molecular formula is C22H26N2O5. The molecule has 0 aliphatic rings. The standard InChI is InChI=1S/C22H26N2O5/c1-14(2)24(9-10-25)22(26)16-6-7-17-19(13-16)29-21(23-17)12-15-5-8-18(27-3)20(11-15)28-4/h5-8,11,13-14,25H,9-10,12H2,1-4H3. The molecule has 7 nitrogen and oxygen atoms in total. The molecule has 2 aromatic carbocycles. The van der Waals surface area contributed by atoms with Crippen molar-refractivity contribution in [2.24, 2.45) is 0 Å². The van der Waals surface area contributed by atoms with Gasteiger partial charge in [-0.25, -0.2) is 4.98 Å². The first-order chi connectivity index (χ1) is 14.0. The lowest BCUT2D eigenvalue weighted by atomic mass is 10.1. The van der Waals surface area contributed by atoms with Gasteiger partial charge in [0.1, 0.15) is 5.52 Å². The van der Waals surface area contributed by atoms with Crippen molar-refractivity contribution in [2.45, 2.75) is 26.3 Å². The molecule has 1 aromatic heterocycles. The lowest BCUT2D eigenvalue weighted by molar-refractivity contribution is 0.0665. The lowest BCUT2D eigenvalue weighted by Gasteiger charge is -2.25. The molecule has 0 fully saturated rings. The Morgan fingerprint density at radius 1 is 1.14 bits per heavy atom. The summed E-state index contributed by atoms with van der Waals surface area (Å²) in [4.78, 5) is 18.9. The Bertz CT molecular complexity index is 996. The lowest BCUT2D eigenvalue weighted by Crippen LogP contribution is -2.38. The van der Waals surface area contributed by atoms with Crippen molar-refractivity contribution >= 4 is 17.0 Å². The molecule has 1 amide bonds. The Balaban J connectivity index is 1.85. The highest BCUT2D eigenvalue weighted by Crippen LogP contribution is 2.29. The van der Waals surface area contributed by atoms with Gasteiger partial charge in [-0.2, -0.15) is 0 Å². The number of aromatic nitrogens is 1. The molecular weight excluding hydrogens is 372 g/mol. The molecule has 3 rings (SSSR count). The molecule has 1 heterocycles. The van der Waals surface area contributed by atoms with E-state index in [-0.39, 0.29) is 25.1 Å². The number of carbonyl (C=O) groups excluding carboxylic acids is 1. The average Bonchev–Trinajstić information content (AvgIpc) is 3.12. The van der Waals surface area contributed by atoms with E-state index in [0.717, 1.165) is 5.56 Å². The number of methoxy groups -OCH3 is 2. The summed E-state index contributed by atoms with van der Waals surface area (Å²) >= 11 is 0. The van der Waals surface area contributed by atoms with Gasteiger partial charge < -0.3 is 23.9 Å². The van der Waals surface area contributed by atoms with Crippen LogP contribution in [0.15, 0.2) is 40.8 Å². The second-order valence-corrected chi connectivity index (χ2v) is 6.97. The SMILES string of the molecule is COc1ccc(Cc2nc3ccc(C(=O)N(CCO)C(C)C)cc3o2)cc1OC. The number of amides is 1. The fourth-order valence-electron chi connectivity index (χ4n) is 3.21. The predicted molar refractivity (Wildman–Crippen MR) is 110 cm³/mol. The van der Waals surface area contributed by atoms with Crippen molar-refractivity contribution in [3.8, 4) is 11.5 Å². The number of fused-ring (bicyclic) bond motifs is 1. The molecule has 29 heavy (non-hydrogen) atoms. The molecule has 154 valence electrons. The third kappa shape index (κ3) is 4.51. The Hall–Kier alpha value is -3.06. The van der Waals surface area contributed by atoms with Crippen LogP contribution in [0.1, 0.15) is 35.7 Å². The number of hydrogen-bond donors (Lipinski definition) is 1. The van der Waals surface area contributed by atoms with Crippen LogP contribution < -0.4 is 9.47 Å². The molecule has 3 aromatic rings. The van der Waals surface area contributed by atoms with E-state index >= 15 is 0 Å². The summed E-state index contributed by atoms with van der Waals surface area (Å²) in [6, 6.07) is 10.9. The van der Waals surface area contributed by atoms with Crippen molar-refractivity contribution in [3.63, 3.8) is 0 Å². The summed E-state index contributed by atoms with van der Waals surface area (Å²) in [5, 5.41) is 9.23. The van der Waals surface area contributed by atoms with Crippen molar-refractivity contribution in [1.29, 1.82) is 0 Å². The summed E-state index contributed by atoms with van der Waals surface area (Å²) in [5.74, 6) is 1.71. The molecule has 0 saturated carbocycles. The van der Waals surface area contributed by atoms with Gasteiger partial charge in [0.25, 0.3) is 5.91 Å².